The number of cyclic esters (lactones) is 2. The number of hydrogen-bond donors (Lipinski definition) is 0. The Balaban J connectivity index is 2.68. The Kier molecular flexibility index (Phi) is 2.12. The van der Waals surface area contributed by atoms with Gasteiger partial charge in [0.15, 0.2) is 0 Å². The van der Waals surface area contributed by atoms with E-state index in [1.165, 1.54) is 12.1 Å². The summed E-state index contributed by atoms with van der Waals surface area (Å²) >= 11 is 0. The summed E-state index contributed by atoms with van der Waals surface area (Å²) in [5.41, 5.74) is 0.144. The van der Waals surface area contributed by atoms with Crippen LogP contribution >= 0.6 is 0 Å². The van der Waals surface area contributed by atoms with Crippen molar-refractivity contribution in [1.29, 1.82) is 0 Å². The first kappa shape index (κ1) is 10.8. The van der Waals surface area contributed by atoms with Gasteiger partial charge >= 0.3 is 11.9 Å². The van der Waals surface area contributed by atoms with Gasteiger partial charge in [-0.05, 0) is 23.1 Å². The van der Waals surface area contributed by atoms with Gasteiger partial charge in [0.05, 0.1) is 5.56 Å². The highest BCUT2D eigenvalue weighted by molar-refractivity contribution is 6.14. The van der Waals surface area contributed by atoms with E-state index in [4.69, 9.17) is 0 Å². The molecule has 0 unspecified atom stereocenters. The van der Waals surface area contributed by atoms with E-state index in [0.29, 0.717) is 5.56 Å². The molecule has 4 heteroatoms. The van der Waals surface area contributed by atoms with Crippen LogP contribution in [0.2, 0.25) is 0 Å². The number of ether oxygens (including phenoxy) is 1. The zero-order chi connectivity index (χ0) is 12.1. The Morgan fingerprint density at radius 2 is 1.75 bits per heavy atom. The third-order valence-electron chi connectivity index (χ3n) is 2.57. The molecule has 1 aliphatic rings. The molecule has 0 spiro atoms. The molecule has 0 bridgehead atoms. The summed E-state index contributed by atoms with van der Waals surface area (Å²) in [6.45, 7) is 5.70. The van der Waals surface area contributed by atoms with E-state index in [1.54, 1.807) is 0 Å². The quantitative estimate of drug-likeness (QED) is 0.500. The fourth-order valence-electron chi connectivity index (χ4n) is 1.60. The SMILES string of the molecule is CC(C)(C)c1cc(F)c2c(c1)C(=O)OC2=O. The maximum Gasteiger partial charge on any atom is 0.349 e. The Morgan fingerprint density at radius 3 is 2.31 bits per heavy atom. The van der Waals surface area contributed by atoms with Crippen LogP contribution in [0.3, 0.4) is 0 Å². The number of benzene rings is 1. The molecule has 0 saturated carbocycles. The highest BCUT2D eigenvalue weighted by Gasteiger charge is 2.34. The van der Waals surface area contributed by atoms with Crippen LogP contribution in [0.5, 0.6) is 0 Å². The van der Waals surface area contributed by atoms with E-state index in [9.17, 15) is 14.0 Å². The number of halogens is 1. The third kappa shape index (κ3) is 1.50. The molecular formula is C12H11FO3. The molecule has 3 nitrogen and oxygen atoms in total. The van der Waals surface area contributed by atoms with Crippen LogP contribution < -0.4 is 0 Å². The fraction of sp³-hybridized carbons (Fsp3) is 0.333. The molecule has 1 aromatic carbocycles. The van der Waals surface area contributed by atoms with Crippen molar-refractivity contribution in [1.82, 2.24) is 0 Å². The summed E-state index contributed by atoms with van der Waals surface area (Å²) in [6, 6.07) is 2.80. The lowest BCUT2D eigenvalue weighted by Crippen LogP contribution is -2.13. The van der Waals surface area contributed by atoms with Crippen molar-refractivity contribution >= 4 is 11.9 Å². The molecule has 1 heterocycles. The lowest BCUT2D eigenvalue weighted by Gasteiger charge is -2.19. The Morgan fingerprint density at radius 1 is 1.12 bits per heavy atom. The minimum absolute atomic E-state index is 0.0231. The number of esters is 2. The maximum absolute atomic E-state index is 13.7. The molecule has 0 amide bonds. The number of fused-ring (bicyclic) bond motifs is 1. The van der Waals surface area contributed by atoms with Crippen molar-refractivity contribution in [2.24, 2.45) is 0 Å². The van der Waals surface area contributed by atoms with E-state index in [0.717, 1.165) is 0 Å². The molecular weight excluding hydrogens is 211 g/mol. The van der Waals surface area contributed by atoms with Gasteiger partial charge in [-0.3, -0.25) is 0 Å². The lowest BCUT2D eigenvalue weighted by molar-refractivity contribution is 0.0442. The van der Waals surface area contributed by atoms with Gasteiger partial charge in [0, 0.05) is 0 Å². The lowest BCUT2D eigenvalue weighted by atomic mass is 9.85. The van der Waals surface area contributed by atoms with Crippen LogP contribution in [0.25, 0.3) is 0 Å². The predicted octanol–water partition coefficient (Wildman–Crippen LogP) is 2.43. The number of carbonyl (C=O) groups is 2. The van der Waals surface area contributed by atoms with Crippen molar-refractivity contribution in [2.45, 2.75) is 26.2 Å². The van der Waals surface area contributed by atoms with Crippen LogP contribution in [0.15, 0.2) is 12.1 Å². The number of hydrogen-bond acceptors (Lipinski definition) is 3. The zero-order valence-corrected chi connectivity index (χ0v) is 9.26. The third-order valence-corrected chi connectivity index (χ3v) is 2.57. The average Bonchev–Trinajstić information content (AvgIpc) is 2.41. The summed E-state index contributed by atoms with van der Waals surface area (Å²) < 4.78 is 18.0. The smallest absolute Gasteiger partial charge is 0.349 e. The summed E-state index contributed by atoms with van der Waals surface area (Å²) in [7, 11) is 0. The summed E-state index contributed by atoms with van der Waals surface area (Å²) in [5.74, 6) is -2.37. The highest BCUT2D eigenvalue weighted by Crippen LogP contribution is 2.30. The second-order valence-electron chi connectivity index (χ2n) is 4.81. The van der Waals surface area contributed by atoms with Crippen LogP contribution in [-0.4, -0.2) is 11.9 Å². The van der Waals surface area contributed by atoms with Gasteiger partial charge in [-0.15, -0.1) is 0 Å². The highest BCUT2D eigenvalue weighted by atomic mass is 19.1. The normalized spacial score (nSPS) is 15.0. The minimum Gasteiger partial charge on any atom is -0.386 e. The Labute approximate surface area is 92.2 Å². The standard InChI is InChI=1S/C12H11FO3/c1-12(2,3)6-4-7-9(8(13)5-6)11(15)16-10(7)14/h4-5H,1-3H3. The zero-order valence-electron chi connectivity index (χ0n) is 9.26. The van der Waals surface area contributed by atoms with Crippen molar-refractivity contribution < 1.29 is 18.7 Å². The fourth-order valence-corrected chi connectivity index (χ4v) is 1.60. The van der Waals surface area contributed by atoms with E-state index < -0.39 is 17.8 Å². The van der Waals surface area contributed by atoms with E-state index in [-0.39, 0.29) is 16.5 Å². The average molecular weight is 222 g/mol. The first-order valence-electron chi connectivity index (χ1n) is 4.91. The Hall–Kier alpha value is -1.71. The monoisotopic (exact) mass is 222 g/mol. The second-order valence-corrected chi connectivity index (χ2v) is 4.81. The predicted molar refractivity (Wildman–Crippen MR) is 54.8 cm³/mol. The molecule has 16 heavy (non-hydrogen) atoms. The van der Waals surface area contributed by atoms with Gasteiger partial charge in [0.1, 0.15) is 11.4 Å². The molecule has 2 rings (SSSR count). The molecule has 0 aliphatic carbocycles. The van der Waals surface area contributed by atoms with Crippen LogP contribution in [0, 0.1) is 5.82 Å². The number of carbonyl (C=O) groups excluding carboxylic acids is 2. The molecule has 0 N–H and O–H groups in total. The maximum atomic E-state index is 13.7. The van der Waals surface area contributed by atoms with Crippen molar-refractivity contribution in [3.8, 4) is 0 Å². The van der Waals surface area contributed by atoms with Gasteiger partial charge in [0.25, 0.3) is 0 Å². The number of rotatable bonds is 0. The van der Waals surface area contributed by atoms with Gasteiger partial charge in [-0.25, -0.2) is 14.0 Å². The summed E-state index contributed by atoms with van der Waals surface area (Å²) in [6.07, 6.45) is 0. The largest absolute Gasteiger partial charge is 0.386 e. The topological polar surface area (TPSA) is 43.4 Å². The van der Waals surface area contributed by atoms with Crippen molar-refractivity contribution in [3.63, 3.8) is 0 Å². The molecule has 0 radical (unpaired) electrons. The molecule has 0 aromatic heterocycles. The summed E-state index contributed by atoms with van der Waals surface area (Å²) in [5, 5.41) is 0. The molecule has 0 saturated heterocycles. The van der Waals surface area contributed by atoms with Crippen LogP contribution in [0.1, 0.15) is 47.1 Å². The van der Waals surface area contributed by atoms with Gasteiger partial charge in [-0.2, -0.15) is 0 Å². The summed E-state index contributed by atoms with van der Waals surface area (Å²) in [4.78, 5) is 22.5. The molecule has 1 aromatic rings. The van der Waals surface area contributed by atoms with Gasteiger partial charge in [-0.1, -0.05) is 20.8 Å². The van der Waals surface area contributed by atoms with Crippen molar-refractivity contribution in [3.05, 3.63) is 34.6 Å². The van der Waals surface area contributed by atoms with Crippen molar-refractivity contribution in [2.75, 3.05) is 0 Å². The van der Waals surface area contributed by atoms with E-state index in [2.05, 4.69) is 4.74 Å². The molecule has 0 fully saturated rings. The second kappa shape index (κ2) is 3.14. The molecule has 84 valence electrons. The van der Waals surface area contributed by atoms with E-state index in [1.807, 2.05) is 20.8 Å². The minimum atomic E-state index is -0.905. The van der Waals surface area contributed by atoms with E-state index >= 15 is 0 Å². The van der Waals surface area contributed by atoms with Gasteiger partial charge in [0.2, 0.25) is 0 Å². The first-order valence-corrected chi connectivity index (χ1v) is 4.91. The van der Waals surface area contributed by atoms with Crippen LogP contribution in [-0.2, 0) is 10.2 Å². The van der Waals surface area contributed by atoms with Crippen LogP contribution in [0.4, 0.5) is 4.39 Å². The molecule has 0 atom stereocenters. The Bertz CT molecular complexity index is 498. The molecule has 1 aliphatic heterocycles. The first-order chi connectivity index (χ1) is 7.30. The van der Waals surface area contributed by atoms with Gasteiger partial charge < -0.3 is 4.74 Å².